The molecule has 0 fully saturated rings. The number of unbranched alkanes of at least 4 members (excludes halogenated alkanes) is 20. The Balaban J connectivity index is 1.88. The normalized spacial score (nSPS) is 11.5. The van der Waals surface area contributed by atoms with Crippen LogP contribution in [-0.4, -0.2) is 38.4 Å². The Bertz CT molecular complexity index is 1030. The van der Waals surface area contributed by atoms with Gasteiger partial charge in [-0.25, -0.2) is 0 Å². The van der Waals surface area contributed by atoms with E-state index in [0.717, 1.165) is 49.7 Å². The molecular formula is C47H76O6. The van der Waals surface area contributed by atoms with Gasteiger partial charge in [0.15, 0.2) is 0 Å². The highest BCUT2D eigenvalue weighted by molar-refractivity contribution is 5.69. The molecule has 0 saturated heterocycles. The van der Waals surface area contributed by atoms with Crippen LogP contribution in [0, 0.1) is 5.41 Å². The Hall–Kier alpha value is -2.70. The monoisotopic (exact) mass is 737 g/mol. The Morgan fingerprint density at radius 2 is 0.717 bits per heavy atom. The minimum Gasteiger partial charge on any atom is -0.465 e. The van der Waals surface area contributed by atoms with Crippen LogP contribution in [0.4, 0.5) is 0 Å². The van der Waals surface area contributed by atoms with Gasteiger partial charge in [0.1, 0.15) is 13.2 Å². The molecule has 300 valence electrons. The number of esters is 2. The van der Waals surface area contributed by atoms with Crippen molar-refractivity contribution in [3.8, 4) is 0 Å². The fourth-order valence-corrected chi connectivity index (χ4v) is 6.65. The molecule has 0 unspecified atom stereocenters. The largest absolute Gasteiger partial charge is 0.465 e. The Kier molecular flexibility index (Phi) is 28.7. The molecule has 6 heteroatoms. The minimum absolute atomic E-state index is 0.0686. The smallest absolute Gasteiger partial charge is 0.305 e. The zero-order valence-corrected chi connectivity index (χ0v) is 33.9. The molecule has 2 aromatic rings. The second-order valence-corrected chi connectivity index (χ2v) is 15.3. The van der Waals surface area contributed by atoms with Crippen molar-refractivity contribution in [2.75, 3.05) is 26.4 Å². The molecule has 0 N–H and O–H groups in total. The molecule has 2 rings (SSSR count). The molecule has 0 spiro atoms. The quantitative estimate of drug-likeness (QED) is 0.0512. The Morgan fingerprint density at radius 1 is 0.415 bits per heavy atom. The van der Waals surface area contributed by atoms with E-state index in [2.05, 4.69) is 13.8 Å². The summed E-state index contributed by atoms with van der Waals surface area (Å²) in [4.78, 5) is 26.0. The van der Waals surface area contributed by atoms with Crippen molar-refractivity contribution >= 4 is 11.9 Å². The molecule has 0 radical (unpaired) electrons. The van der Waals surface area contributed by atoms with Crippen molar-refractivity contribution in [1.82, 2.24) is 0 Å². The van der Waals surface area contributed by atoms with Gasteiger partial charge >= 0.3 is 11.9 Å². The van der Waals surface area contributed by atoms with Crippen molar-refractivity contribution in [3.63, 3.8) is 0 Å². The van der Waals surface area contributed by atoms with Crippen molar-refractivity contribution in [1.29, 1.82) is 0 Å². The third-order valence-electron chi connectivity index (χ3n) is 10.1. The third-order valence-corrected chi connectivity index (χ3v) is 10.1. The van der Waals surface area contributed by atoms with Gasteiger partial charge in [-0.2, -0.15) is 0 Å². The number of rotatable bonds is 36. The predicted molar refractivity (Wildman–Crippen MR) is 219 cm³/mol. The van der Waals surface area contributed by atoms with E-state index in [4.69, 9.17) is 18.9 Å². The van der Waals surface area contributed by atoms with E-state index in [1.54, 1.807) is 0 Å². The summed E-state index contributed by atoms with van der Waals surface area (Å²) in [7, 11) is 0. The van der Waals surface area contributed by atoms with Crippen LogP contribution < -0.4 is 0 Å². The summed E-state index contributed by atoms with van der Waals surface area (Å²) in [5, 5.41) is 0. The first-order valence-corrected chi connectivity index (χ1v) is 21.6. The highest BCUT2D eigenvalue weighted by Gasteiger charge is 2.35. The van der Waals surface area contributed by atoms with Crippen LogP contribution >= 0.6 is 0 Å². The van der Waals surface area contributed by atoms with Gasteiger partial charge in [-0.3, -0.25) is 9.59 Å². The number of hydrogen-bond acceptors (Lipinski definition) is 6. The highest BCUT2D eigenvalue weighted by Crippen LogP contribution is 2.24. The molecule has 0 heterocycles. The first-order chi connectivity index (χ1) is 26.1. The van der Waals surface area contributed by atoms with Crippen LogP contribution in [0.1, 0.15) is 179 Å². The van der Waals surface area contributed by atoms with Crippen molar-refractivity contribution < 1.29 is 28.5 Å². The molecule has 0 amide bonds. The average Bonchev–Trinajstić information content (AvgIpc) is 3.18. The number of benzene rings is 2. The first-order valence-electron chi connectivity index (χ1n) is 21.6. The lowest BCUT2D eigenvalue weighted by atomic mass is 9.92. The van der Waals surface area contributed by atoms with Gasteiger partial charge in [0.2, 0.25) is 0 Å². The average molecular weight is 737 g/mol. The van der Waals surface area contributed by atoms with Gasteiger partial charge in [0, 0.05) is 12.8 Å². The van der Waals surface area contributed by atoms with Gasteiger partial charge in [0.05, 0.1) is 31.8 Å². The molecule has 0 bridgehead atoms. The van der Waals surface area contributed by atoms with Crippen molar-refractivity contribution in [3.05, 3.63) is 71.8 Å². The fourth-order valence-electron chi connectivity index (χ4n) is 6.65. The second-order valence-electron chi connectivity index (χ2n) is 15.3. The summed E-state index contributed by atoms with van der Waals surface area (Å²) in [6.07, 6.45) is 27.9. The van der Waals surface area contributed by atoms with E-state index < -0.39 is 5.41 Å². The molecule has 0 aromatic heterocycles. The molecule has 6 nitrogen and oxygen atoms in total. The molecule has 0 aliphatic carbocycles. The summed E-state index contributed by atoms with van der Waals surface area (Å²) in [5.41, 5.74) is 1.27. The van der Waals surface area contributed by atoms with E-state index in [0.29, 0.717) is 26.1 Å². The molecule has 0 aliphatic heterocycles. The van der Waals surface area contributed by atoms with Crippen LogP contribution in [-0.2, 0) is 41.8 Å². The highest BCUT2D eigenvalue weighted by atomic mass is 16.6. The Morgan fingerprint density at radius 3 is 1.04 bits per heavy atom. The van der Waals surface area contributed by atoms with Crippen molar-refractivity contribution in [2.45, 2.75) is 181 Å². The van der Waals surface area contributed by atoms with E-state index in [1.165, 1.54) is 103 Å². The number of ether oxygens (including phenoxy) is 4. The lowest BCUT2D eigenvalue weighted by molar-refractivity contribution is -0.164. The van der Waals surface area contributed by atoms with E-state index in [9.17, 15) is 9.59 Å². The lowest BCUT2D eigenvalue weighted by Gasteiger charge is -2.32. The molecule has 53 heavy (non-hydrogen) atoms. The van der Waals surface area contributed by atoms with Gasteiger partial charge in [-0.1, -0.05) is 203 Å². The number of hydrogen-bond donors (Lipinski definition) is 0. The first kappa shape index (κ1) is 46.5. The maximum absolute atomic E-state index is 13.0. The maximum Gasteiger partial charge on any atom is 0.305 e. The zero-order valence-electron chi connectivity index (χ0n) is 33.9. The standard InChI is InChI=1S/C47H76O6/c1-3-5-7-9-11-13-15-17-19-21-29-35-45(48)52-41-47(39-50-37-43-31-25-23-26-32-43,40-51-38-44-33-27-24-28-34-44)42-53-46(49)36-30-22-20-18-16-14-12-10-8-6-4-2/h23-28,31-34H,3-22,29-30,35-42H2,1-2H3. The Labute approximate surface area is 324 Å². The summed E-state index contributed by atoms with van der Waals surface area (Å²) in [6, 6.07) is 20.0. The number of carbonyl (C=O) groups excluding carboxylic acids is 2. The third kappa shape index (κ3) is 25.9. The second kappa shape index (κ2) is 32.7. The maximum atomic E-state index is 13.0. The minimum atomic E-state index is -0.830. The zero-order chi connectivity index (χ0) is 37.9. The van der Waals surface area contributed by atoms with Crippen LogP contribution in [0.15, 0.2) is 60.7 Å². The van der Waals surface area contributed by atoms with Crippen LogP contribution in [0.3, 0.4) is 0 Å². The van der Waals surface area contributed by atoms with Gasteiger partial charge < -0.3 is 18.9 Å². The van der Waals surface area contributed by atoms with Gasteiger partial charge in [-0.05, 0) is 24.0 Å². The molecule has 0 saturated carbocycles. The molecular weight excluding hydrogens is 661 g/mol. The topological polar surface area (TPSA) is 71.1 Å². The van der Waals surface area contributed by atoms with E-state index >= 15 is 0 Å². The summed E-state index contributed by atoms with van der Waals surface area (Å²) >= 11 is 0. The summed E-state index contributed by atoms with van der Waals surface area (Å²) in [6.45, 7) is 5.92. The fraction of sp³-hybridized carbons (Fsp3) is 0.702. The molecule has 2 aromatic carbocycles. The SMILES string of the molecule is CCCCCCCCCCCCCC(=O)OCC(COCc1ccccc1)(COCc1ccccc1)COC(=O)CCCCCCCCCCCCC. The lowest BCUT2D eigenvalue weighted by Crippen LogP contribution is -2.43. The van der Waals surface area contributed by atoms with E-state index in [1.807, 2.05) is 60.7 Å². The summed E-state index contributed by atoms with van der Waals surface area (Å²) < 4.78 is 24.3. The predicted octanol–water partition coefficient (Wildman–Crippen LogP) is 12.9. The van der Waals surface area contributed by atoms with Crippen LogP contribution in [0.2, 0.25) is 0 Å². The summed E-state index contributed by atoms with van der Waals surface area (Å²) in [5.74, 6) is -0.438. The number of carbonyl (C=O) groups is 2. The molecule has 0 atom stereocenters. The van der Waals surface area contributed by atoms with Crippen LogP contribution in [0.5, 0.6) is 0 Å². The van der Waals surface area contributed by atoms with Gasteiger partial charge in [-0.15, -0.1) is 0 Å². The molecule has 0 aliphatic rings. The van der Waals surface area contributed by atoms with E-state index in [-0.39, 0.29) is 38.4 Å². The van der Waals surface area contributed by atoms with Crippen molar-refractivity contribution in [2.24, 2.45) is 5.41 Å². The van der Waals surface area contributed by atoms with Crippen LogP contribution in [0.25, 0.3) is 0 Å². The van der Waals surface area contributed by atoms with Gasteiger partial charge in [0.25, 0.3) is 0 Å².